The first-order valence-electron chi connectivity index (χ1n) is 9.89. The lowest BCUT2D eigenvalue weighted by molar-refractivity contribution is 0.0487. The molecule has 0 spiro atoms. The van der Waals surface area contributed by atoms with Crippen molar-refractivity contribution in [3.05, 3.63) is 70.4 Å². The van der Waals surface area contributed by atoms with Gasteiger partial charge < -0.3 is 10.1 Å². The molecule has 0 saturated carbocycles. The van der Waals surface area contributed by atoms with Gasteiger partial charge in [-0.3, -0.25) is 9.78 Å². The molecule has 0 radical (unpaired) electrons. The smallest absolute Gasteiger partial charge is 0.263 e. The fourth-order valence-electron chi connectivity index (χ4n) is 3.77. The van der Waals surface area contributed by atoms with E-state index in [0.29, 0.717) is 24.6 Å². The van der Waals surface area contributed by atoms with Crippen molar-refractivity contribution in [2.75, 3.05) is 19.8 Å². The second-order valence-corrected chi connectivity index (χ2v) is 8.59. The van der Waals surface area contributed by atoms with Gasteiger partial charge in [0.25, 0.3) is 5.91 Å². The van der Waals surface area contributed by atoms with Crippen LogP contribution in [0.4, 0.5) is 0 Å². The van der Waals surface area contributed by atoms with Crippen LogP contribution in [0.5, 0.6) is 0 Å². The molecule has 5 nitrogen and oxygen atoms in total. The number of carbonyl (C=O) groups excluding carboxylic acids is 1. The molecule has 0 aliphatic carbocycles. The van der Waals surface area contributed by atoms with E-state index in [-0.39, 0.29) is 11.3 Å². The Morgan fingerprint density at radius 2 is 1.90 bits per heavy atom. The molecule has 1 saturated heterocycles. The van der Waals surface area contributed by atoms with Crippen molar-refractivity contribution in [2.24, 2.45) is 0 Å². The summed E-state index contributed by atoms with van der Waals surface area (Å²) in [5, 5.41) is 3.95. The number of ether oxygens (including phenoxy) is 1. The van der Waals surface area contributed by atoms with Crippen LogP contribution in [0.2, 0.25) is 0 Å². The summed E-state index contributed by atoms with van der Waals surface area (Å²) in [5.74, 6) is -0.0693. The average molecular weight is 408 g/mol. The van der Waals surface area contributed by atoms with Gasteiger partial charge >= 0.3 is 0 Å². The van der Waals surface area contributed by atoms with E-state index in [4.69, 9.17) is 4.74 Å². The van der Waals surface area contributed by atoms with Crippen molar-refractivity contribution in [2.45, 2.75) is 32.1 Å². The van der Waals surface area contributed by atoms with Gasteiger partial charge in [0.2, 0.25) is 0 Å². The predicted octanol–water partition coefficient (Wildman–Crippen LogP) is 4.30. The van der Waals surface area contributed by atoms with E-state index in [1.807, 2.05) is 25.1 Å². The maximum Gasteiger partial charge on any atom is 0.263 e. The minimum Gasteiger partial charge on any atom is -0.381 e. The summed E-state index contributed by atoms with van der Waals surface area (Å²) in [6, 6.07) is 14.4. The highest BCUT2D eigenvalue weighted by molar-refractivity contribution is 7.17. The molecule has 2 aromatic heterocycles. The molecular formula is C23H25N3O2S. The second-order valence-electron chi connectivity index (χ2n) is 7.59. The molecule has 150 valence electrons. The molecule has 6 heteroatoms. The number of benzene rings is 1. The minimum atomic E-state index is -0.0932. The highest BCUT2D eigenvalue weighted by Gasteiger charge is 2.35. The van der Waals surface area contributed by atoms with E-state index in [9.17, 15) is 4.79 Å². The Hall–Kier alpha value is -2.57. The van der Waals surface area contributed by atoms with Crippen molar-refractivity contribution in [1.82, 2.24) is 15.3 Å². The normalized spacial score (nSPS) is 15.8. The molecule has 1 aromatic carbocycles. The van der Waals surface area contributed by atoms with Crippen LogP contribution < -0.4 is 5.32 Å². The van der Waals surface area contributed by atoms with Crippen LogP contribution in [0.25, 0.3) is 10.7 Å². The summed E-state index contributed by atoms with van der Waals surface area (Å²) in [7, 11) is 0. The Balaban J connectivity index is 1.53. The van der Waals surface area contributed by atoms with Gasteiger partial charge in [-0.15, -0.1) is 11.3 Å². The van der Waals surface area contributed by atoms with Crippen molar-refractivity contribution in [3.63, 3.8) is 0 Å². The summed E-state index contributed by atoms with van der Waals surface area (Å²) in [4.78, 5) is 22.5. The van der Waals surface area contributed by atoms with E-state index in [1.54, 1.807) is 6.20 Å². The van der Waals surface area contributed by atoms with E-state index in [0.717, 1.165) is 29.2 Å². The van der Waals surface area contributed by atoms with Gasteiger partial charge in [0.15, 0.2) is 0 Å². The predicted molar refractivity (Wildman–Crippen MR) is 115 cm³/mol. The summed E-state index contributed by atoms with van der Waals surface area (Å²) in [6.07, 6.45) is 3.54. The highest BCUT2D eigenvalue weighted by Crippen LogP contribution is 2.35. The minimum absolute atomic E-state index is 0.0693. The van der Waals surface area contributed by atoms with Crippen LogP contribution >= 0.6 is 11.3 Å². The molecule has 0 bridgehead atoms. The molecule has 1 amide bonds. The Morgan fingerprint density at radius 1 is 1.14 bits per heavy atom. The van der Waals surface area contributed by atoms with Crippen molar-refractivity contribution in [1.29, 1.82) is 0 Å². The number of nitrogens with zero attached hydrogens (tertiary/aromatic N) is 2. The molecule has 3 aromatic rings. The summed E-state index contributed by atoms with van der Waals surface area (Å²) in [6.45, 7) is 5.99. The fraction of sp³-hybridized carbons (Fsp3) is 0.348. The van der Waals surface area contributed by atoms with Crippen LogP contribution in [0, 0.1) is 13.8 Å². The van der Waals surface area contributed by atoms with Crippen molar-refractivity contribution >= 4 is 17.2 Å². The zero-order valence-corrected chi connectivity index (χ0v) is 17.6. The molecule has 4 rings (SSSR count). The van der Waals surface area contributed by atoms with Gasteiger partial charge in [0.1, 0.15) is 9.88 Å². The highest BCUT2D eigenvalue weighted by atomic mass is 32.1. The largest absolute Gasteiger partial charge is 0.381 e. The first-order valence-corrected chi connectivity index (χ1v) is 10.7. The molecule has 29 heavy (non-hydrogen) atoms. The van der Waals surface area contributed by atoms with Crippen LogP contribution in [0.1, 0.15) is 39.3 Å². The maximum atomic E-state index is 13.0. The van der Waals surface area contributed by atoms with Gasteiger partial charge in [-0.1, -0.05) is 35.9 Å². The lowest BCUT2D eigenvalue weighted by atomic mass is 9.74. The Kier molecular flexibility index (Phi) is 5.74. The third kappa shape index (κ3) is 4.23. The number of aromatic nitrogens is 2. The van der Waals surface area contributed by atoms with Crippen LogP contribution in [-0.4, -0.2) is 35.6 Å². The summed E-state index contributed by atoms with van der Waals surface area (Å²) in [5.41, 5.74) is 3.94. The van der Waals surface area contributed by atoms with Crippen molar-refractivity contribution < 1.29 is 9.53 Å². The van der Waals surface area contributed by atoms with Gasteiger partial charge in [-0.25, -0.2) is 4.98 Å². The first kappa shape index (κ1) is 19.7. The third-order valence-electron chi connectivity index (χ3n) is 5.59. The number of hydrogen-bond acceptors (Lipinski definition) is 5. The van der Waals surface area contributed by atoms with E-state index < -0.39 is 0 Å². The quantitative estimate of drug-likeness (QED) is 0.685. The maximum absolute atomic E-state index is 13.0. The Labute approximate surface area is 175 Å². The number of thiazole rings is 1. The number of carbonyl (C=O) groups is 1. The van der Waals surface area contributed by atoms with Crippen molar-refractivity contribution in [3.8, 4) is 10.7 Å². The van der Waals surface area contributed by atoms with E-state index in [1.165, 1.54) is 22.5 Å². The fourth-order valence-corrected chi connectivity index (χ4v) is 4.73. The zero-order chi connectivity index (χ0) is 20.3. The molecular weight excluding hydrogens is 382 g/mol. The number of hydrogen-bond donors (Lipinski definition) is 1. The number of amides is 1. The SMILES string of the molecule is Cc1ccc(C2(CNC(=O)c3sc(-c4ccccn4)nc3C)CCOCC2)cc1. The Morgan fingerprint density at radius 3 is 2.59 bits per heavy atom. The lowest BCUT2D eigenvalue weighted by Crippen LogP contribution is -2.44. The Bertz CT molecular complexity index is 977. The topological polar surface area (TPSA) is 64.1 Å². The van der Waals surface area contributed by atoms with Crippen LogP contribution in [-0.2, 0) is 10.2 Å². The molecule has 1 fully saturated rings. The summed E-state index contributed by atoms with van der Waals surface area (Å²) >= 11 is 1.39. The molecule has 1 aliphatic rings. The van der Waals surface area contributed by atoms with E-state index >= 15 is 0 Å². The van der Waals surface area contributed by atoms with Crippen LogP contribution in [0.3, 0.4) is 0 Å². The molecule has 1 N–H and O–H groups in total. The molecule has 3 heterocycles. The monoisotopic (exact) mass is 407 g/mol. The molecule has 0 atom stereocenters. The first-order chi connectivity index (χ1) is 14.1. The zero-order valence-electron chi connectivity index (χ0n) is 16.8. The van der Waals surface area contributed by atoms with Gasteiger partial charge in [0.05, 0.1) is 11.4 Å². The van der Waals surface area contributed by atoms with Gasteiger partial charge in [-0.05, 0) is 44.4 Å². The van der Waals surface area contributed by atoms with Gasteiger partial charge in [0, 0.05) is 31.4 Å². The number of rotatable bonds is 5. The third-order valence-corrected chi connectivity index (χ3v) is 6.77. The number of aryl methyl sites for hydroxylation is 2. The lowest BCUT2D eigenvalue weighted by Gasteiger charge is -2.38. The second kappa shape index (κ2) is 8.43. The average Bonchev–Trinajstić information content (AvgIpc) is 3.15. The van der Waals surface area contributed by atoms with Crippen LogP contribution in [0.15, 0.2) is 48.7 Å². The number of pyridine rings is 1. The molecule has 0 unspecified atom stereocenters. The summed E-state index contributed by atoms with van der Waals surface area (Å²) < 4.78 is 5.61. The molecule has 1 aliphatic heterocycles. The standard InChI is InChI=1S/C23H25N3O2S/c1-16-6-8-18(9-7-16)23(10-13-28-14-11-23)15-25-21(27)20-17(2)26-22(29-20)19-5-3-4-12-24-19/h3-9,12H,10-11,13-15H2,1-2H3,(H,25,27). The number of nitrogens with one attached hydrogen (secondary N) is 1. The van der Waals surface area contributed by atoms with E-state index in [2.05, 4.69) is 46.5 Å². The van der Waals surface area contributed by atoms with Gasteiger partial charge in [-0.2, -0.15) is 0 Å².